The molecule has 1 saturated carbocycles. The average molecular weight is 357 g/mol. The van der Waals surface area contributed by atoms with Crippen LogP contribution in [0.3, 0.4) is 0 Å². The zero-order chi connectivity index (χ0) is 17.8. The highest BCUT2D eigenvalue weighted by atomic mass is 32.2. The normalized spacial score (nSPS) is 24.4. The fraction of sp³-hybridized carbons (Fsp3) is 0.842. The van der Waals surface area contributed by atoms with E-state index in [0.29, 0.717) is 18.3 Å². The molecule has 4 nitrogen and oxygen atoms in total. The molecule has 0 amide bonds. The van der Waals surface area contributed by atoms with E-state index in [1.54, 1.807) is 0 Å². The zero-order valence-electron chi connectivity index (χ0n) is 14.7. The Labute approximate surface area is 150 Å². The summed E-state index contributed by atoms with van der Waals surface area (Å²) in [6, 6.07) is 0. The summed E-state index contributed by atoms with van der Waals surface area (Å²) in [6.45, 7) is 2.08. The Morgan fingerprint density at radius 3 is 2.79 bits per heavy atom. The second kappa shape index (κ2) is 12.6. The van der Waals surface area contributed by atoms with E-state index in [2.05, 4.69) is 18.8 Å². The molecule has 0 aliphatic heterocycles. The topological polar surface area (TPSA) is 77.8 Å². The molecule has 0 spiro atoms. The lowest BCUT2D eigenvalue weighted by molar-refractivity contribution is -0.133. The fourth-order valence-corrected chi connectivity index (χ4v) is 4.14. The van der Waals surface area contributed by atoms with Crippen LogP contribution in [0.25, 0.3) is 0 Å². The van der Waals surface area contributed by atoms with E-state index in [9.17, 15) is 15.0 Å². The second-order valence-electron chi connectivity index (χ2n) is 6.68. The van der Waals surface area contributed by atoms with Gasteiger partial charge in [-0.05, 0) is 62.5 Å². The fourth-order valence-electron chi connectivity index (χ4n) is 3.42. The van der Waals surface area contributed by atoms with Crippen molar-refractivity contribution in [1.29, 1.82) is 0 Å². The van der Waals surface area contributed by atoms with Crippen LogP contribution in [-0.2, 0) is 4.79 Å². The molecule has 1 fully saturated rings. The number of carboxylic acids is 1. The number of carboxylic acid groups (broad SMARTS) is 1. The molecule has 0 radical (unpaired) electrons. The van der Waals surface area contributed by atoms with E-state index < -0.39 is 12.1 Å². The maximum absolute atomic E-state index is 10.5. The minimum Gasteiger partial charge on any atom is -0.481 e. The van der Waals surface area contributed by atoms with Crippen LogP contribution in [0.15, 0.2) is 0 Å². The molecule has 138 valence electrons. The van der Waals surface area contributed by atoms with Crippen molar-refractivity contribution in [3.05, 3.63) is 0 Å². The third kappa shape index (κ3) is 8.96. The summed E-state index contributed by atoms with van der Waals surface area (Å²) in [5, 5.41) is 28.7. The van der Waals surface area contributed by atoms with Gasteiger partial charge in [-0.1, -0.05) is 19.3 Å². The second-order valence-corrected chi connectivity index (χ2v) is 7.78. The quantitative estimate of drug-likeness (QED) is 0.391. The summed E-state index contributed by atoms with van der Waals surface area (Å²) in [5.74, 6) is 6.99. The lowest BCUT2D eigenvalue weighted by atomic mass is 9.86. The summed E-state index contributed by atoms with van der Waals surface area (Å²) in [7, 11) is 0. The summed E-state index contributed by atoms with van der Waals surface area (Å²) >= 11 is 1.46. The first-order valence-electron chi connectivity index (χ1n) is 9.18. The molecule has 24 heavy (non-hydrogen) atoms. The van der Waals surface area contributed by atoms with E-state index in [0.717, 1.165) is 57.1 Å². The predicted molar refractivity (Wildman–Crippen MR) is 99.0 cm³/mol. The van der Waals surface area contributed by atoms with Crippen LogP contribution in [0.2, 0.25) is 0 Å². The van der Waals surface area contributed by atoms with E-state index >= 15 is 0 Å². The maximum atomic E-state index is 10.5. The molecule has 3 N–H and O–H groups in total. The largest absolute Gasteiger partial charge is 0.481 e. The maximum Gasteiger partial charge on any atom is 0.313 e. The van der Waals surface area contributed by atoms with Crippen LogP contribution in [0.1, 0.15) is 64.7 Å². The van der Waals surface area contributed by atoms with Crippen LogP contribution in [0.5, 0.6) is 0 Å². The first-order chi connectivity index (χ1) is 11.5. The van der Waals surface area contributed by atoms with Crippen molar-refractivity contribution < 1.29 is 20.1 Å². The van der Waals surface area contributed by atoms with Gasteiger partial charge in [0.15, 0.2) is 0 Å². The van der Waals surface area contributed by atoms with Gasteiger partial charge >= 0.3 is 5.97 Å². The van der Waals surface area contributed by atoms with Crippen LogP contribution in [-0.4, -0.2) is 45.0 Å². The highest BCUT2D eigenvalue weighted by Crippen LogP contribution is 2.38. The minimum atomic E-state index is -0.758. The van der Waals surface area contributed by atoms with Crippen molar-refractivity contribution in [3.8, 4) is 11.8 Å². The Kier molecular flexibility index (Phi) is 11.2. The Morgan fingerprint density at radius 1 is 1.29 bits per heavy atom. The van der Waals surface area contributed by atoms with Crippen LogP contribution < -0.4 is 0 Å². The monoisotopic (exact) mass is 356 g/mol. The van der Waals surface area contributed by atoms with Crippen molar-refractivity contribution in [2.24, 2.45) is 11.8 Å². The molecule has 0 bridgehead atoms. The smallest absolute Gasteiger partial charge is 0.313 e. The lowest BCUT2D eigenvalue weighted by Crippen LogP contribution is -2.20. The molecule has 1 rings (SSSR count). The number of rotatable bonds is 11. The number of aliphatic hydroxyl groups is 2. The van der Waals surface area contributed by atoms with Gasteiger partial charge in [-0.15, -0.1) is 5.92 Å². The molecule has 0 heterocycles. The molecular formula is C19H32O4S. The van der Waals surface area contributed by atoms with Gasteiger partial charge in [-0.25, -0.2) is 0 Å². The van der Waals surface area contributed by atoms with Gasteiger partial charge in [0, 0.05) is 6.42 Å². The number of thioether (sulfide) groups is 1. The highest BCUT2D eigenvalue weighted by Gasteiger charge is 2.34. The van der Waals surface area contributed by atoms with Gasteiger partial charge in [-0.2, -0.15) is 11.8 Å². The number of hydrogen-bond acceptors (Lipinski definition) is 4. The summed E-state index contributed by atoms with van der Waals surface area (Å²) in [4.78, 5) is 10.5. The molecular weight excluding hydrogens is 324 g/mol. The first kappa shape index (κ1) is 21.3. The minimum absolute atomic E-state index is 0.172. The van der Waals surface area contributed by atoms with E-state index in [4.69, 9.17) is 5.11 Å². The molecule has 1 unspecified atom stereocenters. The van der Waals surface area contributed by atoms with Crippen molar-refractivity contribution in [3.63, 3.8) is 0 Å². The van der Waals surface area contributed by atoms with Crippen molar-refractivity contribution >= 4 is 17.7 Å². The number of aliphatic hydroxyl groups excluding tert-OH is 2. The summed E-state index contributed by atoms with van der Waals surface area (Å²) in [5.41, 5.74) is 0. The highest BCUT2D eigenvalue weighted by molar-refractivity contribution is 7.99. The van der Waals surface area contributed by atoms with Crippen molar-refractivity contribution in [2.75, 3.05) is 11.5 Å². The van der Waals surface area contributed by atoms with Crippen molar-refractivity contribution in [2.45, 2.75) is 76.9 Å². The predicted octanol–water partition coefficient (Wildman–Crippen LogP) is 3.31. The van der Waals surface area contributed by atoms with E-state index in [1.807, 2.05) is 0 Å². The van der Waals surface area contributed by atoms with Crippen LogP contribution in [0.4, 0.5) is 0 Å². The van der Waals surface area contributed by atoms with Gasteiger partial charge in [-0.3, -0.25) is 4.79 Å². The standard InChI is InChI=1S/C19H32O4S/c1-2-3-4-7-16(20)11-9-15-10-12-18(21)17(15)8-5-6-13-24-14-19(22)23/h15-18,20-21H,2-3,5-6,8-14H2,1H3,(H,22,23)/t15-,16?,17+,18-/m0/s1. The molecule has 1 aliphatic carbocycles. The van der Waals surface area contributed by atoms with Crippen LogP contribution >= 0.6 is 11.8 Å². The molecule has 0 aromatic carbocycles. The molecule has 4 atom stereocenters. The van der Waals surface area contributed by atoms with Gasteiger partial charge in [0.2, 0.25) is 0 Å². The van der Waals surface area contributed by atoms with Gasteiger partial charge in [0.1, 0.15) is 6.10 Å². The number of unbranched alkanes of at least 4 members (excludes halogenated alkanes) is 2. The van der Waals surface area contributed by atoms with Gasteiger partial charge in [0.05, 0.1) is 11.9 Å². The molecule has 0 saturated heterocycles. The summed E-state index contributed by atoms with van der Waals surface area (Å²) in [6.07, 6.45) is 7.64. The number of hydrogen-bond donors (Lipinski definition) is 3. The number of carbonyl (C=O) groups is 1. The third-order valence-electron chi connectivity index (χ3n) is 4.69. The first-order valence-corrected chi connectivity index (χ1v) is 10.3. The average Bonchev–Trinajstić information content (AvgIpc) is 2.89. The van der Waals surface area contributed by atoms with Crippen LogP contribution in [0, 0.1) is 23.7 Å². The zero-order valence-corrected chi connectivity index (χ0v) is 15.6. The summed E-state index contributed by atoms with van der Waals surface area (Å²) < 4.78 is 0. The Hall–Kier alpha value is -0.700. The third-order valence-corrected chi connectivity index (χ3v) is 5.72. The number of aliphatic carboxylic acids is 1. The van der Waals surface area contributed by atoms with E-state index in [-0.39, 0.29) is 11.9 Å². The Morgan fingerprint density at radius 2 is 2.08 bits per heavy atom. The SMILES string of the molecule is CCCC#CC(O)CC[C@H]1CC[C@H](O)[C@@H]1CCCCSCC(=O)O. The van der Waals surface area contributed by atoms with Crippen molar-refractivity contribution in [1.82, 2.24) is 0 Å². The Bertz CT molecular complexity index is 415. The molecule has 1 aliphatic rings. The van der Waals surface area contributed by atoms with Gasteiger partial charge < -0.3 is 15.3 Å². The van der Waals surface area contributed by atoms with E-state index in [1.165, 1.54) is 11.8 Å². The molecule has 0 aromatic heterocycles. The Balaban J connectivity index is 2.24. The van der Waals surface area contributed by atoms with Gasteiger partial charge in [0.25, 0.3) is 0 Å². The molecule has 5 heteroatoms. The lowest BCUT2D eigenvalue weighted by Gasteiger charge is -2.22. The molecule has 0 aromatic rings.